The zero-order chi connectivity index (χ0) is 23.0. The molecule has 2 heterocycles. The van der Waals surface area contributed by atoms with Crippen LogP contribution in [0.15, 0.2) is 59.4 Å². The van der Waals surface area contributed by atoms with E-state index in [9.17, 15) is 9.59 Å². The molecule has 4 rings (SSSR count). The molecule has 0 fully saturated rings. The van der Waals surface area contributed by atoms with Crippen LogP contribution in [0.1, 0.15) is 41.8 Å². The van der Waals surface area contributed by atoms with E-state index in [1.54, 1.807) is 15.3 Å². The normalized spacial score (nSPS) is 12.2. The highest BCUT2D eigenvalue weighted by atomic mass is 16.2. The summed E-state index contributed by atoms with van der Waals surface area (Å²) in [5.41, 5.74) is 5.92. The first-order valence-electron chi connectivity index (χ1n) is 10.9. The highest BCUT2D eigenvalue weighted by Gasteiger charge is 2.26. The van der Waals surface area contributed by atoms with E-state index >= 15 is 0 Å². The van der Waals surface area contributed by atoms with Crippen molar-refractivity contribution in [2.75, 3.05) is 5.32 Å². The first-order chi connectivity index (χ1) is 15.3. The Labute approximate surface area is 187 Å². The van der Waals surface area contributed by atoms with E-state index in [4.69, 9.17) is 5.10 Å². The van der Waals surface area contributed by atoms with Crippen molar-refractivity contribution in [3.8, 4) is 5.69 Å². The van der Waals surface area contributed by atoms with E-state index in [-0.39, 0.29) is 11.5 Å². The van der Waals surface area contributed by atoms with E-state index in [0.29, 0.717) is 12.1 Å². The van der Waals surface area contributed by atoms with E-state index in [1.807, 2.05) is 83.1 Å². The smallest absolute Gasteiger partial charge is 0.253 e. The highest BCUT2D eigenvalue weighted by Crippen LogP contribution is 2.27. The van der Waals surface area contributed by atoms with Gasteiger partial charge in [-0.25, -0.2) is 4.68 Å². The second kappa shape index (κ2) is 8.46. The van der Waals surface area contributed by atoms with Crippen LogP contribution in [0.4, 0.5) is 5.69 Å². The quantitative estimate of drug-likeness (QED) is 0.486. The Hall–Kier alpha value is -3.67. The number of pyridine rings is 1. The number of nitrogens with one attached hydrogen (secondary N) is 1. The van der Waals surface area contributed by atoms with Gasteiger partial charge in [-0.05, 0) is 75.1 Å². The van der Waals surface area contributed by atoms with Crippen LogP contribution >= 0.6 is 0 Å². The Balaban J connectivity index is 1.89. The molecule has 6 nitrogen and oxygen atoms in total. The molecule has 0 bridgehead atoms. The van der Waals surface area contributed by atoms with Crippen LogP contribution < -0.4 is 10.9 Å². The minimum Gasteiger partial charge on any atom is -0.324 e. The van der Waals surface area contributed by atoms with Crippen molar-refractivity contribution in [3.05, 3.63) is 87.3 Å². The number of hydrogen-bond donors (Lipinski definition) is 1. The Morgan fingerprint density at radius 3 is 2.34 bits per heavy atom. The molecule has 0 aliphatic carbocycles. The molecular formula is C26H28N4O2. The zero-order valence-corrected chi connectivity index (χ0v) is 19.1. The topological polar surface area (TPSA) is 68.9 Å². The molecule has 0 spiro atoms. The first kappa shape index (κ1) is 21.6. The lowest BCUT2D eigenvalue weighted by Crippen LogP contribution is -2.34. The van der Waals surface area contributed by atoms with Gasteiger partial charge in [-0.15, -0.1) is 0 Å². The van der Waals surface area contributed by atoms with Gasteiger partial charge in [0, 0.05) is 17.1 Å². The summed E-state index contributed by atoms with van der Waals surface area (Å²) in [4.78, 5) is 26.6. The summed E-state index contributed by atoms with van der Waals surface area (Å²) in [6.07, 6.45) is 0.466. The molecular weight excluding hydrogens is 400 g/mol. The number of carbonyl (C=O) groups is 1. The number of aromatic nitrogens is 3. The minimum atomic E-state index is -0.675. The Morgan fingerprint density at radius 1 is 0.969 bits per heavy atom. The summed E-state index contributed by atoms with van der Waals surface area (Å²) < 4.78 is 3.36. The lowest BCUT2D eigenvalue weighted by atomic mass is 10.1. The van der Waals surface area contributed by atoms with Crippen LogP contribution in [-0.2, 0) is 4.79 Å². The monoisotopic (exact) mass is 428 g/mol. The van der Waals surface area contributed by atoms with Gasteiger partial charge in [0.05, 0.1) is 11.4 Å². The third kappa shape index (κ3) is 3.73. The number of aryl methyl sites for hydroxylation is 4. The van der Waals surface area contributed by atoms with Crippen LogP contribution in [0.5, 0.6) is 0 Å². The summed E-state index contributed by atoms with van der Waals surface area (Å²) >= 11 is 0. The van der Waals surface area contributed by atoms with Crippen LogP contribution in [0.2, 0.25) is 0 Å². The molecule has 4 aromatic rings. The maximum absolute atomic E-state index is 13.4. The number of amides is 1. The van der Waals surface area contributed by atoms with Crippen LogP contribution in [0.3, 0.4) is 0 Å². The largest absolute Gasteiger partial charge is 0.324 e. The predicted octanol–water partition coefficient (Wildman–Crippen LogP) is 5.01. The van der Waals surface area contributed by atoms with Crippen molar-refractivity contribution in [3.63, 3.8) is 0 Å². The summed E-state index contributed by atoms with van der Waals surface area (Å²) in [5, 5.41) is 8.63. The van der Waals surface area contributed by atoms with Crippen LogP contribution in [-0.4, -0.2) is 20.3 Å². The molecule has 2 aromatic carbocycles. The number of para-hydroxylation sites is 1. The van der Waals surface area contributed by atoms with Crippen molar-refractivity contribution in [2.24, 2.45) is 0 Å². The standard InChI is InChI=1S/C26H28N4O2/c1-6-22(25(32)27-20-13-12-16(2)17(3)14-20)29-23(31)15-18(4)24-19(5)28-30(26(24)29)21-10-8-7-9-11-21/h7-15,22H,6H2,1-5H3,(H,27,32). The third-order valence-electron chi connectivity index (χ3n) is 6.01. The number of benzene rings is 2. The van der Waals surface area contributed by atoms with Crippen molar-refractivity contribution in [2.45, 2.75) is 47.1 Å². The van der Waals surface area contributed by atoms with Gasteiger partial charge in [-0.1, -0.05) is 31.2 Å². The Kier molecular flexibility index (Phi) is 5.70. The van der Waals surface area contributed by atoms with E-state index < -0.39 is 6.04 Å². The predicted molar refractivity (Wildman–Crippen MR) is 129 cm³/mol. The lowest BCUT2D eigenvalue weighted by Gasteiger charge is -2.21. The summed E-state index contributed by atoms with van der Waals surface area (Å²) in [5.74, 6) is -0.221. The molecule has 6 heteroatoms. The van der Waals surface area contributed by atoms with Crippen molar-refractivity contribution in [1.82, 2.24) is 14.3 Å². The number of fused-ring (bicyclic) bond motifs is 1. The second-order valence-corrected chi connectivity index (χ2v) is 8.28. The molecule has 1 N–H and O–H groups in total. The van der Waals surface area contributed by atoms with E-state index in [1.165, 1.54) is 0 Å². The Morgan fingerprint density at radius 2 is 1.69 bits per heavy atom. The van der Waals surface area contributed by atoms with Crippen molar-refractivity contribution in [1.29, 1.82) is 0 Å². The van der Waals surface area contributed by atoms with Gasteiger partial charge < -0.3 is 5.32 Å². The van der Waals surface area contributed by atoms with Gasteiger partial charge in [-0.2, -0.15) is 5.10 Å². The highest BCUT2D eigenvalue weighted by molar-refractivity contribution is 5.95. The van der Waals surface area contributed by atoms with E-state index in [0.717, 1.165) is 39.1 Å². The molecule has 1 amide bonds. The molecule has 1 unspecified atom stereocenters. The summed E-state index contributed by atoms with van der Waals surface area (Å²) in [6.45, 7) is 9.80. The molecule has 164 valence electrons. The average Bonchev–Trinajstić information content (AvgIpc) is 3.11. The number of nitrogens with zero attached hydrogens (tertiary/aromatic N) is 3. The van der Waals surface area contributed by atoms with Gasteiger partial charge in [-0.3, -0.25) is 14.2 Å². The van der Waals surface area contributed by atoms with Crippen molar-refractivity contribution < 1.29 is 4.79 Å². The minimum absolute atomic E-state index is 0.214. The summed E-state index contributed by atoms with van der Waals surface area (Å²) in [7, 11) is 0. The van der Waals surface area contributed by atoms with Gasteiger partial charge >= 0.3 is 0 Å². The zero-order valence-electron chi connectivity index (χ0n) is 19.1. The fraction of sp³-hybridized carbons (Fsp3) is 0.269. The number of carbonyl (C=O) groups excluding carboxylic acids is 1. The van der Waals surface area contributed by atoms with Crippen molar-refractivity contribution >= 4 is 22.6 Å². The lowest BCUT2D eigenvalue weighted by molar-refractivity contribution is -0.119. The van der Waals surface area contributed by atoms with E-state index in [2.05, 4.69) is 5.32 Å². The molecule has 0 saturated heterocycles. The fourth-order valence-corrected chi connectivity index (χ4v) is 4.21. The van der Waals surface area contributed by atoms with Gasteiger partial charge in [0.25, 0.3) is 5.56 Å². The van der Waals surface area contributed by atoms with Gasteiger partial charge in [0.15, 0.2) is 0 Å². The van der Waals surface area contributed by atoms with Crippen LogP contribution in [0, 0.1) is 27.7 Å². The molecule has 0 radical (unpaired) electrons. The number of rotatable bonds is 5. The van der Waals surface area contributed by atoms with Crippen LogP contribution in [0.25, 0.3) is 16.7 Å². The SMILES string of the molecule is CCC(C(=O)Nc1ccc(C)c(C)c1)n1c(=O)cc(C)c2c(C)nn(-c3ccccc3)c21. The second-order valence-electron chi connectivity index (χ2n) is 8.28. The van der Waals surface area contributed by atoms with Gasteiger partial charge in [0.1, 0.15) is 11.7 Å². The third-order valence-corrected chi connectivity index (χ3v) is 6.01. The average molecular weight is 429 g/mol. The summed E-state index contributed by atoms with van der Waals surface area (Å²) in [6, 6.07) is 16.4. The number of hydrogen-bond acceptors (Lipinski definition) is 3. The fourth-order valence-electron chi connectivity index (χ4n) is 4.21. The number of anilines is 1. The molecule has 0 saturated carbocycles. The molecule has 0 aliphatic rings. The molecule has 32 heavy (non-hydrogen) atoms. The maximum atomic E-state index is 13.4. The molecule has 0 aliphatic heterocycles. The first-order valence-corrected chi connectivity index (χ1v) is 10.9. The molecule has 2 aromatic heterocycles. The molecule has 1 atom stereocenters. The van der Waals surface area contributed by atoms with Gasteiger partial charge in [0.2, 0.25) is 5.91 Å². The maximum Gasteiger partial charge on any atom is 0.253 e. The Bertz CT molecular complexity index is 1370.